The van der Waals surface area contributed by atoms with Crippen molar-refractivity contribution >= 4 is 11.6 Å². The van der Waals surface area contributed by atoms with Crippen molar-refractivity contribution in [2.24, 2.45) is 5.92 Å². The maximum atomic E-state index is 13.0. The molecular weight excluding hydrogens is 474 g/mol. The summed E-state index contributed by atoms with van der Waals surface area (Å²) in [7, 11) is 0. The molecule has 0 radical (unpaired) electrons. The lowest BCUT2D eigenvalue weighted by Crippen LogP contribution is -2.40. The fraction of sp³-hybridized carbons (Fsp3) is 0.516. The average molecular weight is 516 g/mol. The van der Waals surface area contributed by atoms with Crippen molar-refractivity contribution in [3.05, 3.63) is 65.5 Å². The summed E-state index contributed by atoms with van der Waals surface area (Å²) in [6, 6.07) is 17.1. The Balaban J connectivity index is 1.09. The Bertz CT molecular complexity index is 1200. The first kappa shape index (κ1) is 26.4. The summed E-state index contributed by atoms with van der Waals surface area (Å²) in [5.74, 6) is 1.43. The number of amides is 1. The summed E-state index contributed by atoms with van der Waals surface area (Å²) in [4.78, 5) is 22.3. The van der Waals surface area contributed by atoms with Crippen molar-refractivity contribution < 1.29 is 9.32 Å². The van der Waals surface area contributed by atoms with Gasteiger partial charge in [0.25, 0.3) is 0 Å². The van der Waals surface area contributed by atoms with E-state index in [9.17, 15) is 4.79 Å². The highest BCUT2D eigenvalue weighted by Gasteiger charge is 2.27. The van der Waals surface area contributed by atoms with Crippen molar-refractivity contribution in [1.29, 1.82) is 0 Å². The molecule has 0 saturated carbocycles. The lowest BCUT2D eigenvalue weighted by Gasteiger charge is -2.31. The summed E-state index contributed by atoms with van der Waals surface area (Å²) >= 11 is 0. The first-order chi connectivity index (χ1) is 18.3. The Kier molecular flexibility index (Phi) is 7.84. The van der Waals surface area contributed by atoms with E-state index in [1.165, 1.54) is 24.1 Å². The maximum absolute atomic E-state index is 13.0. The molecular formula is C31H41N5O2. The molecule has 2 fully saturated rings. The van der Waals surface area contributed by atoms with E-state index in [-0.39, 0.29) is 23.3 Å². The predicted octanol–water partition coefficient (Wildman–Crippen LogP) is 5.72. The van der Waals surface area contributed by atoms with E-state index >= 15 is 0 Å². The van der Waals surface area contributed by atoms with Crippen LogP contribution in [0.15, 0.2) is 53.1 Å². The zero-order valence-corrected chi connectivity index (χ0v) is 23.2. The number of nitrogens with zero attached hydrogens (tertiary/aromatic N) is 4. The second-order valence-corrected chi connectivity index (χ2v) is 11.9. The summed E-state index contributed by atoms with van der Waals surface area (Å²) in [5.41, 5.74) is 4.79. The van der Waals surface area contributed by atoms with Crippen LogP contribution < -0.4 is 10.2 Å². The van der Waals surface area contributed by atoms with Gasteiger partial charge in [-0.15, -0.1) is 0 Å². The van der Waals surface area contributed by atoms with Gasteiger partial charge >= 0.3 is 0 Å². The van der Waals surface area contributed by atoms with Gasteiger partial charge in [-0.2, -0.15) is 4.98 Å². The summed E-state index contributed by atoms with van der Waals surface area (Å²) in [6.07, 6.45) is 4.22. The number of nitrogens with one attached hydrogen (secondary N) is 1. The molecule has 3 aromatic rings. The molecule has 1 N–H and O–H groups in total. The van der Waals surface area contributed by atoms with Gasteiger partial charge in [0.2, 0.25) is 17.6 Å². The Labute approximate surface area is 226 Å². The first-order valence-electron chi connectivity index (χ1n) is 14.1. The molecule has 1 unspecified atom stereocenters. The zero-order valence-electron chi connectivity index (χ0n) is 23.2. The molecule has 3 heterocycles. The molecule has 2 aromatic carbocycles. The van der Waals surface area contributed by atoms with Crippen LogP contribution in [0.5, 0.6) is 0 Å². The third-order valence-corrected chi connectivity index (χ3v) is 8.02. The normalized spacial score (nSPS) is 18.1. The van der Waals surface area contributed by atoms with Crippen molar-refractivity contribution in [2.45, 2.75) is 71.4 Å². The third kappa shape index (κ3) is 6.26. The molecule has 0 spiro atoms. The van der Waals surface area contributed by atoms with Crippen LogP contribution in [0.4, 0.5) is 5.69 Å². The lowest BCUT2D eigenvalue weighted by molar-refractivity contribution is -0.127. The number of hydrogen-bond donors (Lipinski definition) is 1. The number of carbonyl (C=O) groups excluding carboxylic acids is 1. The second-order valence-electron chi connectivity index (χ2n) is 11.9. The minimum absolute atomic E-state index is 0.00226. The molecule has 202 valence electrons. The number of rotatable bonds is 7. The number of likely N-dealkylation sites (tertiary alicyclic amines) is 1. The molecule has 0 bridgehead atoms. The SMILES string of the molecule is CC(NC(=O)C1CCN(Cc2nc(-c3ccc(C(C)(C)C)cc3)no2)CC1)c1ccc(N2CCCC2)cc1. The summed E-state index contributed by atoms with van der Waals surface area (Å²) in [5, 5.41) is 7.44. The molecule has 5 rings (SSSR count). The largest absolute Gasteiger partial charge is 0.372 e. The van der Waals surface area contributed by atoms with Gasteiger partial charge in [0.1, 0.15) is 0 Å². The molecule has 7 heteroatoms. The molecule has 38 heavy (non-hydrogen) atoms. The first-order valence-corrected chi connectivity index (χ1v) is 14.1. The Morgan fingerprint density at radius 3 is 2.29 bits per heavy atom. The van der Waals surface area contributed by atoms with Crippen LogP contribution >= 0.6 is 0 Å². The predicted molar refractivity (Wildman–Crippen MR) is 151 cm³/mol. The minimum Gasteiger partial charge on any atom is -0.372 e. The van der Waals surface area contributed by atoms with Gasteiger partial charge in [0, 0.05) is 30.3 Å². The van der Waals surface area contributed by atoms with Crippen LogP contribution in [0, 0.1) is 5.92 Å². The van der Waals surface area contributed by atoms with Crippen LogP contribution in [-0.2, 0) is 16.8 Å². The average Bonchev–Trinajstić information content (AvgIpc) is 3.62. The number of anilines is 1. The quantitative estimate of drug-likeness (QED) is 0.434. The number of benzene rings is 2. The molecule has 1 aromatic heterocycles. The topological polar surface area (TPSA) is 74.5 Å². The van der Waals surface area contributed by atoms with Crippen LogP contribution in [0.2, 0.25) is 0 Å². The fourth-order valence-electron chi connectivity index (χ4n) is 5.46. The van der Waals surface area contributed by atoms with Gasteiger partial charge < -0.3 is 14.7 Å². The van der Waals surface area contributed by atoms with Gasteiger partial charge in [-0.05, 0) is 74.4 Å². The van der Waals surface area contributed by atoms with Crippen molar-refractivity contribution in [2.75, 3.05) is 31.1 Å². The fourth-order valence-corrected chi connectivity index (χ4v) is 5.46. The zero-order chi connectivity index (χ0) is 26.7. The van der Waals surface area contributed by atoms with E-state index in [1.54, 1.807) is 0 Å². The molecule has 2 aliphatic heterocycles. The van der Waals surface area contributed by atoms with Gasteiger partial charge in [0.15, 0.2) is 0 Å². The van der Waals surface area contributed by atoms with Gasteiger partial charge in [-0.25, -0.2) is 0 Å². The van der Waals surface area contributed by atoms with E-state index in [1.807, 2.05) is 0 Å². The summed E-state index contributed by atoms with van der Waals surface area (Å²) in [6.45, 7) is 13.3. The second kappa shape index (κ2) is 11.3. The summed E-state index contributed by atoms with van der Waals surface area (Å²) < 4.78 is 5.55. The number of piperidine rings is 1. The molecule has 1 atom stereocenters. The minimum atomic E-state index is 0.00226. The van der Waals surface area contributed by atoms with Gasteiger partial charge in [-0.3, -0.25) is 9.69 Å². The van der Waals surface area contributed by atoms with Crippen molar-refractivity contribution in [3.8, 4) is 11.4 Å². The number of hydrogen-bond acceptors (Lipinski definition) is 6. The Morgan fingerprint density at radius 1 is 1.00 bits per heavy atom. The maximum Gasteiger partial charge on any atom is 0.241 e. The highest BCUT2D eigenvalue weighted by molar-refractivity contribution is 5.79. The smallest absolute Gasteiger partial charge is 0.241 e. The van der Waals surface area contributed by atoms with E-state index < -0.39 is 0 Å². The van der Waals surface area contributed by atoms with E-state index in [2.05, 4.69) is 101 Å². The van der Waals surface area contributed by atoms with E-state index in [4.69, 9.17) is 4.52 Å². The van der Waals surface area contributed by atoms with Crippen LogP contribution in [0.1, 0.15) is 76.4 Å². The van der Waals surface area contributed by atoms with Gasteiger partial charge in [-0.1, -0.05) is 62.3 Å². The molecule has 7 nitrogen and oxygen atoms in total. The van der Waals surface area contributed by atoms with Crippen LogP contribution in [0.25, 0.3) is 11.4 Å². The van der Waals surface area contributed by atoms with Crippen molar-refractivity contribution in [1.82, 2.24) is 20.4 Å². The van der Waals surface area contributed by atoms with E-state index in [0.717, 1.165) is 50.1 Å². The Morgan fingerprint density at radius 2 is 1.66 bits per heavy atom. The molecule has 2 aliphatic rings. The molecule has 2 saturated heterocycles. The molecule has 0 aliphatic carbocycles. The number of carbonyl (C=O) groups is 1. The standard InChI is InChI=1S/C31H41N5O2/c1-22(23-9-13-27(14-10-23)36-17-5-6-18-36)32-30(37)25-15-19-35(20-16-25)21-28-33-29(34-38-28)24-7-11-26(12-8-24)31(2,3)4/h7-14,22,25H,5-6,15-21H2,1-4H3,(H,32,37). The van der Waals surface area contributed by atoms with Crippen LogP contribution in [-0.4, -0.2) is 47.1 Å². The monoisotopic (exact) mass is 515 g/mol. The van der Waals surface area contributed by atoms with E-state index in [0.29, 0.717) is 18.3 Å². The van der Waals surface area contributed by atoms with Gasteiger partial charge in [0.05, 0.1) is 12.6 Å². The molecule has 1 amide bonds. The highest BCUT2D eigenvalue weighted by atomic mass is 16.5. The lowest BCUT2D eigenvalue weighted by atomic mass is 9.87. The Hall–Kier alpha value is -3.19. The highest BCUT2D eigenvalue weighted by Crippen LogP contribution is 2.26. The van der Waals surface area contributed by atoms with Crippen LogP contribution in [0.3, 0.4) is 0 Å². The van der Waals surface area contributed by atoms with Crippen molar-refractivity contribution in [3.63, 3.8) is 0 Å². The number of aromatic nitrogens is 2. The third-order valence-electron chi connectivity index (χ3n) is 8.02.